The number of rotatable bonds is 7. The normalized spacial score (nSPS) is 17.9. The van der Waals surface area contributed by atoms with Gasteiger partial charge in [0, 0.05) is 12.6 Å². The van der Waals surface area contributed by atoms with Crippen molar-refractivity contribution in [3.05, 3.63) is 70.8 Å². The Morgan fingerprint density at radius 1 is 1.24 bits per heavy atom. The molecule has 10 heteroatoms. The molecule has 3 aromatic rings. The zero-order valence-electron chi connectivity index (χ0n) is 21.1. The van der Waals surface area contributed by atoms with Crippen molar-refractivity contribution in [3.8, 4) is 0 Å². The second kappa shape index (κ2) is 10.8. The van der Waals surface area contributed by atoms with Gasteiger partial charge in [0.05, 0.1) is 23.2 Å². The van der Waals surface area contributed by atoms with Crippen LogP contribution in [0.2, 0.25) is 0 Å². The van der Waals surface area contributed by atoms with Crippen LogP contribution in [0.3, 0.4) is 0 Å². The van der Waals surface area contributed by atoms with Gasteiger partial charge in [-0.15, -0.1) is 0 Å². The second-order valence-electron chi connectivity index (χ2n) is 9.56. The Kier molecular flexibility index (Phi) is 7.75. The highest BCUT2D eigenvalue weighted by atomic mass is 19.4. The first-order valence-corrected chi connectivity index (χ1v) is 12.5. The van der Waals surface area contributed by atoms with E-state index >= 15 is 0 Å². The lowest BCUT2D eigenvalue weighted by atomic mass is 9.83. The number of aryl methyl sites for hydroxylation is 1. The summed E-state index contributed by atoms with van der Waals surface area (Å²) < 4.78 is 44.7. The third-order valence-corrected chi connectivity index (χ3v) is 7.13. The molecular formula is C27H31F3N4O3. The van der Waals surface area contributed by atoms with Gasteiger partial charge in [-0.05, 0) is 37.7 Å². The number of aromatic amines is 1. The molecule has 198 valence electrons. The molecule has 2 N–H and O–H groups in total. The SMILES string of the molecule is CCC(C)C(C(=O)N1CCCCC1c1cc(NC(=O)c2c(C(F)(F)F)coc2C)n[nH]1)c1ccccc1. The van der Waals surface area contributed by atoms with Crippen LogP contribution in [-0.4, -0.2) is 33.5 Å². The van der Waals surface area contributed by atoms with E-state index in [0.717, 1.165) is 24.8 Å². The molecule has 2 aromatic heterocycles. The third-order valence-electron chi connectivity index (χ3n) is 7.13. The van der Waals surface area contributed by atoms with Gasteiger partial charge in [0.1, 0.15) is 17.6 Å². The number of hydrogen-bond acceptors (Lipinski definition) is 4. The molecule has 0 bridgehead atoms. The summed E-state index contributed by atoms with van der Waals surface area (Å²) in [4.78, 5) is 28.5. The molecule has 37 heavy (non-hydrogen) atoms. The zero-order chi connectivity index (χ0) is 26.7. The molecule has 2 amide bonds. The van der Waals surface area contributed by atoms with Gasteiger partial charge in [0.2, 0.25) is 5.91 Å². The maximum Gasteiger partial charge on any atom is 0.420 e. The van der Waals surface area contributed by atoms with Crippen molar-refractivity contribution in [1.82, 2.24) is 15.1 Å². The van der Waals surface area contributed by atoms with E-state index in [1.807, 2.05) is 35.2 Å². The molecule has 1 aromatic carbocycles. The Hall–Kier alpha value is -3.56. The summed E-state index contributed by atoms with van der Waals surface area (Å²) in [7, 11) is 0. The minimum atomic E-state index is -4.73. The standard InChI is InChI=1S/C27H31F3N4O3/c1-4-16(2)23(18-10-6-5-7-11-18)26(36)34-13-9-8-12-21(34)20-14-22(33-32-20)31-25(35)24-17(3)37-15-19(24)27(28,29)30/h5-7,10-11,14-16,21,23H,4,8-9,12-13H2,1-3H3,(H2,31,32,33,35). The van der Waals surface area contributed by atoms with E-state index in [-0.39, 0.29) is 35.4 Å². The number of furan rings is 1. The van der Waals surface area contributed by atoms with Gasteiger partial charge in [-0.3, -0.25) is 14.7 Å². The number of benzene rings is 1. The monoisotopic (exact) mass is 516 g/mol. The highest BCUT2D eigenvalue weighted by Crippen LogP contribution is 2.37. The molecule has 1 aliphatic rings. The molecule has 3 heterocycles. The van der Waals surface area contributed by atoms with Gasteiger partial charge < -0.3 is 14.6 Å². The minimum Gasteiger partial charge on any atom is -0.468 e. The number of carbonyl (C=O) groups is 2. The van der Waals surface area contributed by atoms with Gasteiger partial charge in [0.15, 0.2) is 5.82 Å². The lowest BCUT2D eigenvalue weighted by Gasteiger charge is -2.38. The van der Waals surface area contributed by atoms with Crippen LogP contribution in [0.4, 0.5) is 19.0 Å². The summed E-state index contributed by atoms with van der Waals surface area (Å²) in [5.41, 5.74) is -0.121. The Labute approximate surface area is 213 Å². The zero-order valence-corrected chi connectivity index (χ0v) is 21.1. The minimum absolute atomic E-state index is 0.0364. The number of nitrogens with zero attached hydrogens (tertiary/aromatic N) is 2. The summed E-state index contributed by atoms with van der Waals surface area (Å²) in [5.74, 6) is -1.15. The number of hydrogen-bond donors (Lipinski definition) is 2. The highest BCUT2D eigenvalue weighted by molar-refractivity contribution is 6.05. The number of anilines is 1. The highest BCUT2D eigenvalue weighted by Gasteiger charge is 2.39. The van der Waals surface area contributed by atoms with Gasteiger partial charge in [-0.2, -0.15) is 18.3 Å². The third kappa shape index (κ3) is 5.57. The molecule has 7 nitrogen and oxygen atoms in total. The Morgan fingerprint density at radius 3 is 2.65 bits per heavy atom. The molecule has 1 fully saturated rings. The van der Waals surface area contributed by atoms with Gasteiger partial charge >= 0.3 is 6.18 Å². The van der Waals surface area contributed by atoms with Crippen molar-refractivity contribution in [3.63, 3.8) is 0 Å². The second-order valence-corrected chi connectivity index (χ2v) is 9.56. The van der Waals surface area contributed by atoms with Crippen molar-refractivity contribution in [2.24, 2.45) is 5.92 Å². The predicted octanol–water partition coefficient (Wildman–Crippen LogP) is 6.47. The Bertz CT molecular complexity index is 1240. The van der Waals surface area contributed by atoms with Crippen molar-refractivity contribution in [1.29, 1.82) is 0 Å². The van der Waals surface area contributed by atoms with E-state index < -0.39 is 23.2 Å². The fourth-order valence-corrected chi connectivity index (χ4v) is 5.00. The number of alkyl halides is 3. The molecule has 0 saturated carbocycles. The smallest absolute Gasteiger partial charge is 0.420 e. The van der Waals surface area contributed by atoms with Crippen molar-refractivity contribution in [2.75, 3.05) is 11.9 Å². The van der Waals surface area contributed by atoms with Crippen molar-refractivity contribution >= 4 is 17.6 Å². The summed E-state index contributed by atoms with van der Waals surface area (Å²) in [6, 6.07) is 11.0. The van der Waals surface area contributed by atoms with E-state index in [2.05, 4.69) is 29.4 Å². The topological polar surface area (TPSA) is 91.2 Å². The molecule has 1 saturated heterocycles. The summed E-state index contributed by atoms with van der Waals surface area (Å²) in [5, 5.41) is 9.42. The number of likely N-dealkylation sites (tertiary alicyclic amines) is 1. The number of H-pyrrole nitrogens is 1. The predicted molar refractivity (Wildman–Crippen MR) is 132 cm³/mol. The van der Waals surface area contributed by atoms with E-state index in [1.54, 1.807) is 6.07 Å². The van der Waals surface area contributed by atoms with Crippen LogP contribution >= 0.6 is 0 Å². The molecule has 0 aliphatic carbocycles. The molecular weight excluding hydrogens is 485 g/mol. The molecule has 4 rings (SSSR count). The van der Waals surface area contributed by atoms with Crippen LogP contribution in [0.1, 0.15) is 84.4 Å². The fourth-order valence-electron chi connectivity index (χ4n) is 5.00. The average Bonchev–Trinajstić information content (AvgIpc) is 3.51. The molecule has 3 atom stereocenters. The fraction of sp³-hybridized carbons (Fsp3) is 0.444. The van der Waals surface area contributed by atoms with Crippen LogP contribution in [0.25, 0.3) is 0 Å². The molecule has 0 radical (unpaired) electrons. The van der Waals surface area contributed by atoms with E-state index in [1.165, 1.54) is 6.92 Å². The largest absolute Gasteiger partial charge is 0.468 e. The quantitative estimate of drug-likeness (QED) is 0.377. The first-order chi connectivity index (χ1) is 17.6. The van der Waals surface area contributed by atoms with Crippen molar-refractivity contribution < 1.29 is 27.2 Å². The van der Waals surface area contributed by atoms with E-state index in [9.17, 15) is 22.8 Å². The number of piperidine rings is 1. The van der Waals surface area contributed by atoms with Crippen LogP contribution in [0.5, 0.6) is 0 Å². The summed E-state index contributed by atoms with van der Waals surface area (Å²) in [6.45, 7) is 6.03. The van der Waals surface area contributed by atoms with Crippen LogP contribution < -0.4 is 5.32 Å². The van der Waals surface area contributed by atoms with Crippen LogP contribution in [0, 0.1) is 12.8 Å². The number of amides is 2. The lowest BCUT2D eigenvalue weighted by Crippen LogP contribution is -2.42. The van der Waals surface area contributed by atoms with Gasteiger partial charge in [-0.25, -0.2) is 0 Å². The van der Waals surface area contributed by atoms with E-state index in [4.69, 9.17) is 4.42 Å². The Morgan fingerprint density at radius 2 is 1.97 bits per heavy atom. The van der Waals surface area contributed by atoms with Gasteiger partial charge in [0.25, 0.3) is 5.91 Å². The molecule has 1 aliphatic heterocycles. The molecule has 3 unspecified atom stereocenters. The molecule has 0 spiro atoms. The number of carbonyl (C=O) groups excluding carboxylic acids is 2. The maximum absolute atomic E-state index is 13.9. The Balaban J connectivity index is 1.56. The average molecular weight is 517 g/mol. The first kappa shape index (κ1) is 26.5. The van der Waals surface area contributed by atoms with E-state index in [0.29, 0.717) is 24.9 Å². The summed E-state index contributed by atoms with van der Waals surface area (Å²) >= 11 is 0. The number of aromatic nitrogens is 2. The number of nitrogens with one attached hydrogen (secondary N) is 2. The summed E-state index contributed by atoms with van der Waals surface area (Å²) in [6.07, 6.45) is -0.847. The van der Waals surface area contributed by atoms with Gasteiger partial charge in [-0.1, -0.05) is 50.6 Å². The van der Waals surface area contributed by atoms with Crippen LogP contribution in [-0.2, 0) is 11.0 Å². The number of halogens is 3. The first-order valence-electron chi connectivity index (χ1n) is 12.5. The maximum atomic E-state index is 13.9. The van der Waals surface area contributed by atoms with Crippen molar-refractivity contribution in [2.45, 2.75) is 64.6 Å². The lowest BCUT2D eigenvalue weighted by molar-refractivity contribution is -0.139. The van der Waals surface area contributed by atoms with Crippen LogP contribution in [0.15, 0.2) is 47.1 Å².